The second-order valence-electron chi connectivity index (χ2n) is 6.37. The second kappa shape index (κ2) is 7.70. The van der Waals surface area contributed by atoms with E-state index in [-0.39, 0.29) is 17.9 Å². The van der Waals surface area contributed by atoms with Crippen molar-refractivity contribution < 1.29 is 14.3 Å². The van der Waals surface area contributed by atoms with Gasteiger partial charge in [-0.15, -0.1) is 0 Å². The predicted molar refractivity (Wildman–Crippen MR) is 96.6 cm³/mol. The third-order valence-electron chi connectivity index (χ3n) is 4.87. The van der Waals surface area contributed by atoms with E-state index in [2.05, 4.69) is 5.32 Å². The summed E-state index contributed by atoms with van der Waals surface area (Å²) in [6.07, 6.45) is 4.51. The molecule has 134 valence electrons. The molecule has 25 heavy (non-hydrogen) atoms. The van der Waals surface area contributed by atoms with Gasteiger partial charge in [0.2, 0.25) is 5.91 Å². The minimum Gasteiger partial charge on any atom is -0.383 e. The lowest BCUT2D eigenvalue weighted by molar-refractivity contribution is -0.126. The van der Waals surface area contributed by atoms with Gasteiger partial charge in [-0.1, -0.05) is 18.2 Å². The Kier molecular flexibility index (Phi) is 5.38. The van der Waals surface area contributed by atoms with Crippen molar-refractivity contribution in [2.24, 2.45) is 0 Å². The quantitative estimate of drug-likeness (QED) is 0.903. The number of fused-ring (bicyclic) bond motifs is 1. The minimum absolute atomic E-state index is 0.0688. The molecule has 2 aromatic rings. The van der Waals surface area contributed by atoms with E-state index in [4.69, 9.17) is 4.74 Å². The summed E-state index contributed by atoms with van der Waals surface area (Å²) in [5, 5.41) is 3.61. The fourth-order valence-corrected chi connectivity index (χ4v) is 3.56. The molecule has 0 unspecified atom stereocenters. The third-order valence-corrected chi connectivity index (χ3v) is 4.87. The molecule has 1 aromatic heterocycles. The lowest BCUT2D eigenvalue weighted by Gasteiger charge is -2.34. The summed E-state index contributed by atoms with van der Waals surface area (Å²) < 4.78 is 7.22. The Morgan fingerprint density at radius 2 is 2.08 bits per heavy atom. The van der Waals surface area contributed by atoms with Gasteiger partial charge in [-0.3, -0.25) is 9.59 Å². The topological polar surface area (TPSA) is 63.6 Å². The average Bonchev–Trinajstić information content (AvgIpc) is 3.04. The number of methoxy groups -OCH3 is 1. The first kappa shape index (κ1) is 17.5. The Morgan fingerprint density at radius 3 is 2.84 bits per heavy atom. The van der Waals surface area contributed by atoms with Crippen molar-refractivity contribution in [3.05, 3.63) is 36.0 Å². The van der Waals surface area contributed by atoms with Crippen LogP contribution in [-0.2, 0) is 16.1 Å². The Balaban J connectivity index is 1.97. The van der Waals surface area contributed by atoms with E-state index in [1.807, 2.05) is 35.0 Å². The normalized spacial score (nSPS) is 17.7. The Bertz CT molecular complexity index is 768. The zero-order valence-electron chi connectivity index (χ0n) is 14.8. The van der Waals surface area contributed by atoms with Crippen LogP contribution in [0.25, 0.3) is 10.9 Å². The third kappa shape index (κ3) is 3.39. The maximum Gasteiger partial charge on any atom is 0.256 e. The highest BCUT2D eigenvalue weighted by Gasteiger charge is 2.33. The summed E-state index contributed by atoms with van der Waals surface area (Å²) in [5.41, 5.74) is 1.67. The zero-order valence-corrected chi connectivity index (χ0v) is 14.8. The van der Waals surface area contributed by atoms with Crippen LogP contribution in [0.15, 0.2) is 30.5 Å². The summed E-state index contributed by atoms with van der Waals surface area (Å²) in [4.78, 5) is 27.2. The largest absolute Gasteiger partial charge is 0.383 e. The number of ether oxygens (including phenoxy) is 1. The van der Waals surface area contributed by atoms with Gasteiger partial charge in [-0.2, -0.15) is 0 Å². The van der Waals surface area contributed by atoms with Crippen LogP contribution in [0.2, 0.25) is 0 Å². The maximum atomic E-state index is 13.2. The highest BCUT2D eigenvalue weighted by molar-refractivity contribution is 6.08. The molecule has 2 heterocycles. The highest BCUT2D eigenvalue weighted by Crippen LogP contribution is 2.26. The molecule has 2 amide bonds. The zero-order chi connectivity index (χ0) is 17.8. The number of rotatable bonds is 5. The number of aromatic nitrogens is 1. The van der Waals surface area contributed by atoms with Gasteiger partial charge < -0.3 is 19.5 Å². The molecule has 0 saturated carbocycles. The maximum absolute atomic E-state index is 13.2. The molecule has 1 aliphatic rings. The SMILES string of the molecule is CNC(=O)[C@@H]1CCCCN1C(=O)c1cn(CCOC)c2ccccc12. The lowest BCUT2D eigenvalue weighted by atomic mass is 10.00. The number of benzene rings is 1. The molecule has 1 aromatic carbocycles. The van der Waals surface area contributed by atoms with Crippen molar-refractivity contribution in [2.45, 2.75) is 31.8 Å². The molecule has 6 heteroatoms. The fraction of sp³-hybridized carbons (Fsp3) is 0.474. The summed E-state index contributed by atoms with van der Waals surface area (Å²) in [6.45, 7) is 1.88. The number of piperidine rings is 1. The number of likely N-dealkylation sites (N-methyl/N-ethyl adjacent to an activating group) is 1. The number of nitrogens with one attached hydrogen (secondary N) is 1. The van der Waals surface area contributed by atoms with Crippen LogP contribution >= 0.6 is 0 Å². The van der Waals surface area contributed by atoms with Gasteiger partial charge in [0.15, 0.2) is 0 Å². The van der Waals surface area contributed by atoms with E-state index in [9.17, 15) is 9.59 Å². The monoisotopic (exact) mass is 343 g/mol. The van der Waals surface area contributed by atoms with Crippen molar-refractivity contribution in [3.8, 4) is 0 Å². The first-order chi connectivity index (χ1) is 12.2. The lowest BCUT2D eigenvalue weighted by Crippen LogP contribution is -2.51. The van der Waals surface area contributed by atoms with Crippen molar-refractivity contribution in [2.75, 3.05) is 27.3 Å². The van der Waals surface area contributed by atoms with E-state index >= 15 is 0 Å². The van der Waals surface area contributed by atoms with Gasteiger partial charge >= 0.3 is 0 Å². The Hall–Kier alpha value is -2.34. The fourth-order valence-electron chi connectivity index (χ4n) is 3.56. The van der Waals surface area contributed by atoms with Crippen LogP contribution in [-0.4, -0.2) is 54.6 Å². The smallest absolute Gasteiger partial charge is 0.256 e. The molecule has 1 saturated heterocycles. The number of hydrogen-bond donors (Lipinski definition) is 1. The van der Waals surface area contributed by atoms with Gasteiger partial charge in [0.05, 0.1) is 12.2 Å². The van der Waals surface area contributed by atoms with E-state index in [1.54, 1.807) is 19.1 Å². The molecule has 3 rings (SSSR count). The van der Waals surface area contributed by atoms with Gasteiger partial charge in [0.25, 0.3) is 5.91 Å². The number of amides is 2. The van der Waals surface area contributed by atoms with Crippen LogP contribution in [0.5, 0.6) is 0 Å². The van der Waals surface area contributed by atoms with Crippen molar-refractivity contribution in [1.29, 1.82) is 0 Å². The number of nitrogens with zero attached hydrogens (tertiary/aromatic N) is 2. The van der Waals surface area contributed by atoms with Crippen molar-refractivity contribution in [1.82, 2.24) is 14.8 Å². The number of carbonyl (C=O) groups excluding carboxylic acids is 2. The van der Waals surface area contributed by atoms with Crippen LogP contribution in [0.1, 0.15) is 29.6 Å². The first-order valence-corrected chi connectivity index (χ1v) is 8.76. The van der Waals surface area contributed by atoms with E-state index < -0.39 is 0 Å². The molecule has 1 fully saturated rings. The highest BCUT2D eigenvalue weighted by atomic mass is 16.5. The van der Waals surface area contributed by atoms with E-state index in [0.29, 0.717) is 31.7 Å². The first-order valence-electron chi connectivity index (χ1n) is 8.76. The van der Waals surface area contributed by atoms with Crippen LogP contribution in [0.3, 0.4) is 0 Å². The van der Waals surface area contributed by atoms with Crippen LogP contribution < -0.4 is 5.32 Å². The summed E-state index contributed by atoms with van der Waals surface area (Å²) >= 11 is 0. The van der Waals surface area contributed by atoms with Gasteiger partial charge in [-0.25, -0.2) is 0 Å². The molecular weight excluding hydrogens is 318 g/mol. The number of para-hydroxylation sites is 1. The number of likely N-dealkylation sites (tertiary alicyclic amines) is 1. The van der Waals surface area contributed by atoms with Gasteiger partial charge in [-0.05, 0) is 25.3 Å². The van der Waals surface area contributed by atoms with Crippen molar-refractivity contribution >= 4 is 22.7 Å². The number of carbonyl (C=O) groups is 2. The summed E-state index contributed by atoms with van der Waals surface area (Å²) in [5.74, 6) is -0.156. The summed E-state index contributed by atoms with van der Waals surface area (Å²) in [7, 11) is 3.29. The van der Waals surface area contributed by atoms with E-state index in [0.717, 1.165) is 23.7 Å². The molecular formula is C19H25N3O3. The minimum atomic E-state index is -0.382. The van der Waals surface area contributed by atoms with Crippen LogP contribution in [0, 0.1) is 0 Å². The molecule has 0 aliphatic carbocycles. The van der Waals surface area contributed by atoms with Gasteiger partial charge in [0, 0.05) is 44.3 Å². The molecule has 6 nitrogen and oxygen atoms in total. The molecule has 1 N–H and O–H groups in total. The number of hydrogen-bond acceptors (Lipinski definition) is 3. The molecule has 1 atom stereocenters. The average molecular weight is 343 g/mol. The Labute approximate surface area is 147 Å². The van der Waals surface area contributed by atoms with Crippen molar-refractivity contribution in [3.63, 3.8) is 0 Å². The standard InChI is InChI=1S/C19H25N3O3/c1-20-18(23)17-9-5-6-10-22(17)19(24)15-13-21(11-12-25-2)16-8-4-3-7-14(15)16/h3-4,7-8,13,17H,5-6,9-12H2,1-2H3,(H,20,23)/t17-/m0/s1. The van der Waals surface area contributed by atoms with Crippen LogP contribution in [0.4, 0.5) is 0 Å². The summed E-state index contributed by atoms with van der Waals surface area (Å²) in [6, 6.07) is 7.49. The van der Waals surface area contributed by atoms with Gasteiger partial charge in [0.1, 0.15) is 6.04 Å². The molecule has 0 spiro atoms. The Morgan fingerprint density at radius 1 is 1.28 bits per heavy atom. The molecule has 0 bridgehead atoms. The second-order valence-corrected chi connectivity index (χ2v) is 6.37. The predicted octanol–water partition coefficient (Wildman–Crippen LogP) is 2.03. The molecule has 0 radical (unpaired) electrons. The van der Waals surface area contributed by atoms with E-state index in [1.165, 1.54) is 0 Å². The molecule has 1 aliphatic heterocycles.